The molecule has 3 aromatic rings. The first kappa shape index (κ1) is 13.2. The van der Waals surface area contributed by atoms with Crippen molar-refractivity contribution in [2.45, 2.75) is 0 Å². The van der Waals surface area contributed by atoms with Gasteiger partial charge in [0.1, 0.15) is 0 Å². The van der Waals surface area contributed by atoms with E-state index in [2.05, 4.69) is 28.2 Å². The zero-order chi connectivity index (χ0) is 12.2. The van der Waals surface area contributed by atoms with E-state index in [1.165, 1.54) is 5.56 Å². The van der Waals surface area contributed by atoms with Gasteiger partial charge in [-0.3, -0.25) is 9.97 Å². The Morgan fingerprint density at radius 3 is 2.16 bits per heavy atom. The van der Waals surface area contributed by atoms with Gasteiger partial charge < -0.3 is 0 Å². The fraction of sp³-hybridized carbons (Fsp3) is 0. The second-order valence-corrected chi connectivity index (χ2v) is 4.01. The lowest BCUT2D eigenvalue weighted by Gasteiger charge is -2.08. The zero-order valence-electron chi connectivity index (χ0n) is 10.2. The predicted molar refractivity (Wildman–Crippen MR) is 80.2 cm³/mol. The molecular formula is C16H13ClN2. The van der Waals surface area contributed by atoms with Gasteiger partial charge >= 0.3 is 0 Å². The number of nitrogens with zero attached hydrogens (tertiary/aromatic N) is 2. The molecule has 0 atom stereocenters. The first-order valence-electron chi connectivity index (χ1n) is 5.86. The monoisotopic (exact) mass is 268 g/mol. The SMILES string of the molecule is Cl.c1ccc(-c2cccnc2-c2cccnc2)cc1. The number of pyridine rings is 2. The highest BCUT2D eigenvalue weighted by Crippen LogP contribution is 2.29. The topological polar surface area (TPSA) is 25.8 Å². The summed E-state index contributed by atoms with van der Waals surface area (Å²) in [4.78, 5) is 8.64. The molecule has 2 aromatic heterocycles. The lowest BCUT2D eigenvalue weighted by Crippen LogP contribution is -1.88. The number of aromatic nitrogens is 2. The smallest absolute Gasteiger partial charge is 0.0795 e. The van der Waals surface area contributed by atoms with Crippen molar-refractivity contribution in [1.29, 1.82) is 0 Å². The summed E-state index contributed by atoms with van der Waals surface area (Å²) in [7, 11) is 0. The summed E-state index contributed by atoms with van der Waals surface area (Å²) in [6.45, 7) is 0. The molecule has 0 bridgehead atoms. The van der Waals surface area contributed by atoms with Crippen molar-refractivity contribution < 1.29 is 0 Å². The van der Waals surface area contributed by atoms with Gasteiger partial charge in [-0.15, -0.1) is 12.4 Å². The van der Waals surface area contributed by atoms with E-state index >= 15 is 0 Å². The maximum Gasteiger partial charge on any atom is 0.0795 e. The van der Waals surface area contributed by atoms with Crippen LogP contribution in [0.4, 0.5) is 0 Å². The van der Waals surface area contributed by atoms with Crippen LogP contribution >= 0.6 is 12.4 Å². The maximum atomic E-state index is 4.49. The largest absolute Gasteiger partial charge is 0.264 e. The quantitative estimate of drug-likeness (QED) is 0.695. The normalized spacial score (nSPS) is 9.68. The highest BCUT2D eigenvalue weighted by atomic mass is 35.5. The molecular weight excluding hydrogens is 256 g/mol. The minimum atomic E-state index is 0. The Morgan fingerprint density at radius 1 is 0.684 bits per heavy atom. The van der Waals surface area contributed by atoms with E-state index < -0.39 is 0 Å². The summed E-state index contributed by atoms with van der Waals surface area (Å²) < 4.78 is 0. The highest BCUT2D eigenvalue weighted by molar-refractivity contribution is 5.85. The molecule has 2 heterocycles. The number of halogens is 1. The average Bonchev–Trinajstić information content (AvgIpc) is 2.49. The molecule has 0 saturated carbocycles. The molecule has 0 aliphatic rings. The molecule has 0 spiro atoms. The Morgan fingerprint density at radius 2 is 1.42 bits per heavy atom. The standard InChI is InChI=1S/C16H12N2.ClH/c1-2-6-13(7-3-1)15-9-5-11-18-16(15)14-8-4-10-17-12-14;/h1-12H;1H. The van der Waals surface area contributed by atoms with Gasteiger partial charge in [-0.2, -0.15) is 0 Å². The Kier molecular flexibility index (Phi) is 4.26. The summed E-state index contributed by atoms with van der Waals surface area (Å²) in [5.41, 5.74) is 4.31. The molecule has 2 nitrogen and oxygen atoms in total. The van der Waals surface area contributed by atoms with Crippen LogP contribution in [0, 0.1) is 0 Å². The van der Waals surface area contributed by atoms with Gasteiger partial charge in [-0.1, -0.05) is 36.4 Å². The molecule has 3 rings (SSSR count). The zero-order valence-corrected chi connectivity index (χ0v) is 11.0. The van der Waals surface area contributed by atoms with Gasteiger partial charge in [-0.25, -0.2) is 0 Å². The molecule has 0 aliphatic heterocycles. The van der Waals surface area contributed by atoms with E-state index in [0.717, 1.165) is 16.8 Å². The van der Waals surface area contributed by atoms with Gasteiger partial charge in [0, 0.05) is 29.7 Å². The van der Waals surface area contributed by atoms with Crippen LogP contribution in [0.1, 0.15) is 0 Å². The van der Waals surface area contributed by atoms with Crippen LogP contribution in [0.2, 0.25) is 0 Å². The van der Waals surface area contributed by atoms with Crippen LogP contribution in [-0.2, 0) is 0 Å². The average molecular weight is 269 g/mol. The van der Waals surface area contributed by atoms with Gasteiger partial charge in [0.25, 0.3) is 0 Å². The van der Waals surface area contributed by atoms with Crippen LogP contribution < -0.4 is 0 Å². The predicted octanol–water partition coefficient (Wildman–Crippen LogP) is 4.23. The Hall–Kier alpha value is -2.19. The molecule has 1 aromatic carbocycles. The van der Waals surface area contributed by atoms with Crippen molar-refractivity contribution in [3.8, 4) is 22.4 Å². The van der Waals surface area contributed by atoms with Gasteiger partial charge in [0.05, 0.1) is 5.69 Å². The summed E-state index contributed by atoms with van der Waals surface area (Å²) in [5.74, 6) is 0. The van der Waals surface area contributed by atoms with Crippen LogP contribution in [-0.4, -0.2) is 9.97 Å². The van der Waals surface area contributed by atoms with E-state index in [9.17, 15) is 0 Å². The Balaban J connectivity index is 0.00000133. The molecule has 94 valence electrons. The third kappa shape index (κ3) is 2.80. The summed E-state index contributed by atoms with van der Waals surface area (Å²) in [5, 5.41) is 0. The van der Waals surface area contributed by atoms with E-state index in [-0.39, 0.29) is 12.4 Å². The van der Waals surface area contributed by atoms with Crippen molar-refractivity contribution in [1.82, 2.24) is 9.97 Å². The lowest BCUT2D eigenvalue weighted by atomic mass is 10.0. The molecule has 0 radical (unpaired) electrons. The van der Waals surface area contributed by atoms with Gasteiger partial charge in [-0.05, 0) is 23.8 Å². The van der Waals surface area contributed by atoms with Crippen LogP contribution in [0.5, 0.6) is 0 Å². The third-order valence-electron chi connectivity index (χ3n) is 2.83. The molecule has 19 heavy (non-hydrogen) atoms. The summed E-state index contributed by atoms with van der Waals surface area (Å²) in [6, 6.07) is 18.3. The molecule has 0 amide bonds. The molecule has 0 unspecified atom stereocenters. The van der Waals surface area contributed by atoms with Gasteiger partial charge in [0.15, 0.2) is 0 Å². The molecule has 0 saturated heterocycles. The van der Waals surface area contributed by atoms with Crippen molar-refractivity contribution in [3.05, 3.63) is 73.2 Å². The first-order valence-corrected chi connectivity index (χ1v) is 5.86. The number of hydrogen-bond acceptors (Lipinski definition) is 2. The third-order valence-corrected chi connectivity index (χ3v) is 2.83. The molecule has 0 fully saturated rings. The van der Waals surface area contributed by atoms with E-state index in [1.54, 1.807) is 6.20 Å². The van der Waals surface area contributed by atoms with Crippen LogP contribution in [0.15, 0.2) is 73.2 Å². The van der Waals surface area contributed by atoms with E-state index in [1.807, 2.05) is 48.8 Å². The fourth-order valence-corrected chi connectivity index (χ4v) is 1.99. The van der Waals surface area contributed by atoms with Crippen molar-refractivity contribution in [2.24, 2.45) is 0 Å². The highest BCUT2D eigenvalue weighted by Gasteiger charge is 2.07. The van der Waals surface area contributed by atoms with Crippen LogP contribution in [0.3, 0.4) is 0 Å². The minimum Gasteiger partial charge on any atom is -0.264 e. The molecule has 3 heteroatoms. The Bertz CT molecular complexity index is 581. The number of rotatable bonds is 2. The van der Waals surface area contributed by atoms with Crippen molar-refractivity contribution >= 4 is 12.4 Å². The summed E-state index contributed by atoms with van der Waals surface area (Å²) in [6.07, 6.45) is 5.43. The van der Waals surface area contributed by atoms with Crippen molar-refractivity contribution in [3.63, 3.8) is 0 Å². The summed E-state index contributed by atoms with van der Waals surface area (Å²) >= 11 is 0. The second kappa shape index (κ2) is 6.12. The maximum absolute atomic E-state index is 4.49. The lowest BCUT2D eigenvalue weighted by molar-refractivity contribution is 1.28. The fourth-order valence-electron chi connectivity index (χ4n) is 1.99. The second-order valence-electron chi connectivity index (χ2n) is 4.01. The Labute approximate surface area is 118 Å². The molecule has 0 N–H and O–H groups in total. The van der Waals surface area contributed by atoms with Crippen molar-refractivity contribution in [2.75, 3.05) is 0 Å². The number of hydrogen-bond donors (Lipinski definition) is 0. The van der Waals surface area contributed by atoms with Crippen LogP contribution in [0.25, 0.3) is 22.4 Å². The van der Waals surface area contributed by atoms with E-state index in [0.29, 0.717) is 0 Å². The number of benzene rings is 1. The first-order chi connectivity index (χ1) is 8.95. The van der Waals surface area contributed by atoms with E-state index in [4.69, 9.17) is 0 Å². The van der Waals surface area contributed by atoms with Gasteiger partial charge in [0.2, 0.25) is 0 Å². The minimum absolute atomic E-state index is 0. The molecule has 0 aliphatic carbocycles.